The maximum atomic E-state index is 11.8. The summed E-state index contributed by atoms with van der Waals surface area (Å²) < 4.78 is 1.05. The Morgan fingerprint density at radius 3 is 2.50 bits per heavy atom. The standard InChI is InChI=1S/C12H15BrN2O/c1-14-12(6-7-12)11(16)15-8-9-2-4-10(13)5-3-9/h2-5,14H,6-8H2,1H3,(H,15,16). The topological polar surface area (TPSA) is 41.1 Å². The fourth-order valence-electron chi connectivity index (χ4n) is 1.67. The van der Waals surface area contributed by atoms with Crippen molar-refractivity contribution in [1.29, 1.82) is 0 Å². The first-order valence-electron chi connectivity index (χ1n) is 5.38. The van der Waals surface area contributed by atoms with Crippen LogP contribution in [0.25, 0.3) is 0 Å². The van der Waals surface area contributed by atoms with E-state index in [1.807, 2.05) is 31.3 Å². The molecule has 0 heterocycles. The van der Waals surface area contributed by atoms with Gasteiger partial charge in [0, 0.05) is 11.0 Å². The van der Waals surface area contributed by atoms with Crippen molar-refractivity contribution >= 4 is 21.8 Å². The van der Waals surface area contributed by atoms with Crippen molar-refractivity contribution in [2.24, 2.45) is 0 Å². The summed E-state index contributed by atoms with van der Waals surface area (Å²) in [6, 6.07) is 7.96. The fraction of sp³-hybridized carbons (Fsp3) is 0.417. The quantitative estimate of drug-likeness (QED) is 0.885. The smallest absolute Gasteiger partial charge is 0.240 e. The molecule has 1 aromatic carbocycles. The van der Waals surface area contributed by atoms with E-state index in [9.17, 15) is 4.79 Å². The van der Waals surface area contributed by atoms with Crippen LogP contribution in [0.3, 0.4) is 0 Å². The third-order valence-electron chi connectivity index (χ3n) is 3.03. The highest BCUT2D eigenvalue weighted by Crippen LogP contribution is 2.34. The predicted molar refractivity (Wildman–Crippen MR) is 67.0 cm³/mol. The summed E-state index contributed by atoms with van der Waals surface area (Å²) in [5.41, 5.74) is 0.832. The zero-order chi connectivity index (χ0) is 11.6. The number of hydrogen-bond donors (Lipinski definition) is 2. The van der Waals surface area contributed by atoms with Crippen LogP contribution in [0.5, 0.6) is 0 Å². The maximum Gasteiger partial charge on any atom is 0.240 e. The van der Waals surface area contributed by atoms with Gasteiger partial charge in [-0.05, 0) is 37.6 Å². The molecule has 0 aliphatic heterocycles. The molecule has 0 radical (unpaired) electrons. The Morgan fingerprint density at radius 1 is 1.38 bits per heavy atom. The largest absolute Gasteiger partial charge is 0.350 e. The zero-order valence-corrected chi connectivity index (χ0v) is 10.8. The molecule has 1 saturated carbocycles. The van der Waals surface area contributed by atoms with Gasteiger partial charge in [0.1, 0.15) is 0 Å². The number of likely N-dealkylation sites (N-methyl/N-ethyl adjacent to an activating group) is 1. The summed E-state index contributed by atoms with van der Waals surface area (Å²) in [7, 11) is 1.84. The van der Waals surface area contributed by atoms with Crippen LogP contribution in [0.1, 0.15) is 18.4 Å². The zero-order valence-electron chi connectivity index (χ0n) is 9.22. The van der Waals surface area contributed by atoms with Gasteiger partial charge in [0.25, 0.3) is 0 Å². The minimum absolute atomic E-state index is 0.109. The van der Waals surface area contributed by atoms with Gasteiger partial charge in [-0.3, -0.25) is 4.79 Å². The van der Waals surface area contributed by atoms with Crippen LogP contribution in [0.4, 0.5) is 0 Å². The maximum absolute atomic E-state index is 11.8. The van der Waals surface area contributed by atoms with Crippen molar-refractivity contribution in [3.05, 3.63) is 34.3 Å². The van der Waals surface area contributed by atoms with E-state index in [4.69, 9.17) is 0 Å². The van der Waals surface area contributed by atoms with E-state index < -0.39 is 0 Å². The molecule has 1 amide bonds. The molecule has 0 unspecified atom stereocenters. The summed E-state index contributed by atoms with van der Waals surface area (Å²) in [6.45, 7) is 0.593. The molecule has 0 spiro atoms. The third-order valence-corrected chi connectivity index (χ3v) is 3.56. The second-order valence-electron chi connectivity index (χ2n) is 4.14. The molecule has 3 nitrogen and oxygen atoms in total. The molecule has 4 heteroatoms. The Balaban J connectivity index is 1.88. The summed E-state index contributed by atoms with van der Waals surface area (Å²) >= 11 is 3.38. The molecule has 1 aromatic rings. The molecular formula is C12H15BrN2O. The van der Waals surface area contributed by atoms with Crippen LogP contribution < -0.4 is 10.6 Å². The fourth-order valence-corrected chi connectivity index (χ4v) is 1.93. The number of carbonyl (C=O) groups excluding carboxylic acids is 1. The van der Waals surface area contributed by atoms with Gasteiger partial charge in [0.2, 0.25) is 5.91 Å². The van der Waals surface area contributed by atoms with Gasteiger partial charge in [0.05, 0.1) is 5.54 Å². The van der Waals surface area contributed by atoms with E-state index >= 15 is 0 Å². The van der Waals surface area contributed by atoms with Crippen molar-refractivity contribution < 1.29 is 4.79 Å². The lowest BCUT2D eigenvalue weighted by molar-refractivity contribution is -0.124. The highest BCUT2D eigenvalue weighted by molar-refractivity contribution is 9.10. The van der Waals surface area contributed by atoms with E-state index in [1.165, 1.54) is 0 Å². The highest BCUT2D eigenvalue weighted by atomic mass is 79.9. The minimum Gasteiger partial charge on any atom is -0.350 e. The van der Waals surface area contributed by atoms with Gasteiger partial charge >= 0.3 is 0 Å². The first-order chi connectivity index (χ1) is 7.66. The summed E-state index contributed by atoms with van der Waals surface area (Å²) in [4.78, 5) is 11.8. The lowest BCUT2D eigenvalue weighted by atomic mass is 10.2. The third kappa shape index (κ3) is 2.44. The molecule has 16 heavy (non-hydrogen) atoms. The van der Waals surface area contributed by atoms with Crippen molar-refractivity contribution in [3.63, 3.8) is 0 Å². The van der Waals surface area contributed by atoms with Crippen molar-refractivity contribution in [2.75, 3.05) is 7.05 Å². The normalized spacial score (nSPS) is 16.9. The molecule has 86 valence electrons. The molecule has 2 rings (SSSR count). The number of amides is 1. The van der Waals surface area contributed by atoms with Gasteiger partial charge < -0.3 is 10.6 Å². The van der Waals surface area contributed by atoms with E-state index in [1.54, 1.807) is 0 Å². The molecule has 0 bridgehead atoms. The van der Waals surface area contributed by atoms with E-state index in [-0.39, 0.29) is 11.4 Å². The van der Waals surface area contributed by atoms with Gasteiger partial charge in [-0.25, -0.2) is 0 Å². The van der Waals surface area contributed by atoms with Crippen molar-refractivity contribution in [3.8, 4) is 0 Å². The lowest BCUT2D eigenvalue weighted by Crippen LogP contribution is -2.44. The molecule has 1 fully saturated rings. The molecule has 0 atom stereocenters. The van der Waals surface area contributed by atoms with Crippen molar-refractivity contribution in [2.45, 2.75) is 24.9 Å². The number of rotatable bonds is 4. The van der Waals surface area contributed by atoms with E-state index in [2.05, 4.69) is 26.6 Å². The van der Waals surface area contributed by atoms with E-state index in [0.29, 0.717) is 6.54 Å². The van der Waals surface area contributed by atoms with Crippen LogP contribution in [0.2, 0.25) is 0 Å². The van der Waals surface area contributed by atoms with Crippen LogP contribution in [-0.2, 0) is 11.3 Å². The van der Waals surface area contributed by atoms with Gasteiger partial charge in [0.15, 0.2) is 0 Å². The SMILES string of the molecule is CNC1(C(=O)NCc2ccc(Br)cc2)CC1. The van der Waals surface area contributed by atoms with Gasteiger partial charge in [-0.15, -0.1) is 0 Å². The number of hydrogen-bond acceptors (Lipinski definition) is 2. The second-order valence-corrected chi connectivity index (χ2v) is 5.06. The minimum atomic E-state index is -0.282. The number of carbonyl (C=O) groups is 1. The van der Waals surface area contributed by atoms with Crippen molar-refractivity contribution in [1.82, 2.24) is 10.6 Å². The number of benzene rings is 1. The average Bonchev–Trinajstić information content (AvgIpc) is 3.09. The number of halogens is 1. The molecule has 0 saturated heterocycles. The molecule has 1 aliphatic carbocycles. The summed E-state index contributed by atoms with van der Waals surface area (Å²) in [6.07, 6.45) is 1.88. The molecule has 0 aromatic heterocycles. The van der Waals surface area contributed by atoms with Crippen LogP contribution in [-0.4, -0.2) is 18.5 Å². The monoisotopic (exact) mass is 282 g/mol. The highest BCUT2D eigenvalue weighted by Gasteiger charge is 2.48. The summed E-state index contributed by atoms with van der Waals surface area (Å²) in [5, 5.41) is 6.03. The Kier molecular flexibility index (Phi) is 3.30. The van der Waals surface area contributed by atoms with Gasteiger partial charge in [-0.2, -0.15) is 0 Å². The van der Waals surface area contributed by atoms with Crippen LogP contribution in [0, 0.1) is 0 Å². The first-order valence-corrected chi connectivity index (χ1v) is 6.17. The molecular weight excluding hydrogens is 268 g/mol. The number of nitrogens with one attached hydrogen (secondary N) is 2. The summed E-state index contributed by atoms with van der Waals surface area (Å²) in [5.74, 6) is 0.109. The second kappa shape index (κ2) is 4.55. The average molecular weight is 283 g/mol. The Labute approximate surface area is 104 Å². The molecule has 2 N–H and O–H groups in total. The predicted octanol–water partition coefficient (Wildman–Crippen LogP) is 1.82. The first kappa shape index (κ1) is 11.6. The molecule has 1 aliphatic rings. The van der Waals surface area contributed by atoms with Crippen LogP contribution >= 0.6 is 15.9 Å². The van der Waals surface area contributed by atoms with E-state index in [0.717, 1.165) is 22.9 Å². The van der Waals surface area contributed by atoms with Gasteiger partial charge in [-0.1, -0.05) is 28.1 Å². The Hall–Kier alpha value is -0.870. The Morgan fingerprint density at radius 2 is 2.00 bits per heavy atom. The van der Waals surface area contributed by atoms with Crippen LogP contribution in [0.15, 0.2) is 28.7 Å². The lowest BCUT2D eigenvalue weighted by Gasteiger charge is -2.14. The Bertz CT molecular complexity index is 385.